The Labute approximate surface area is 135 Å². The fraction of sp³-hybridized carbons (Fsp3) is 0.923. The number of hydrogen-bond donors (Lipinski definition) is 1. The summed E-state index contributed by atoms with van der Waals surface area (Å²) >= 11 is 0. The maximum absolute atomic E-state index is 12.8. The van der Waals surface area contributed by atoms with E-state index in [1.165, 1.54) is 0 Å². The molecule has 0 spiro atoms. The molecule has 0 aliphatic heterocycles. The van der Waals surface area contributed by atoms with Crippen molar-refractivity contribution < 1.29 is 54.2 Å². The van der Waals surface area contributed by atoms with Crippen molar-refractivity contribution in [3.05, 3.63) is 0 Å². The minimum absolute atomic E-state index is 0.0479. The zero-order valence-electron chi connectivity index (χ0n) is 12.3. The van der Waals surface area contributed by atoms with Crippen LogP contribution in [0.25, 0.3) is 0 Å². The number of carbonyl (C=O) groups excluding carboxylic acids is 1. The van der Waals surface area contributed by atoms with Crippen LogP contribution in [0.5, 0.6) is 0 Å². The fourth-order valence-electron chi connectivity index (χ4n) is 3.77. The molecule has 0 heterocycles. The first kappa shape index (κ1) is 20.1. The highest BCUT2D eigenvalue weighted by molar-refractivity contribution is 5.75. The minimum atomic E-state index is -5.99. The summed E-state index contributed by atoms with van der Waals surface area (Å²) in [6.07, 6.45) is -20.6. The Balaban J connectivity index is 2.15. The number of fused-ring (bicyclic) bond motifs is 2. The van der Waals surface area contributed by atoms with Crippen LogP contribution in [0.15, 0.2) is 0 Å². The van der Waals surface area contributed by atoms with E-state index in [1.807, 2.05) is 0 Å². The second-order valence-corrected chi connectivity index (χ2v) is 6.50. The van der Waals surface area contributed by atoms with Crippen molar-refractivity contribution in [1.29, 1.82) is 0 Å². The summed E-state index contributed by atoms with van der Waals surface area (Å²) in [6, 6.07) is 0. The van der Waals surface area contributed by atoms with Gasteiger partial charge >= 0.3 is 24.5 Å². The molecule has 0 aromatic rings. The van der Waals surface area contributed by atoms with E-state index in [2.05, 4.69) is 4.74 Å². The van der Waals surface area contributed by atoms with Gasteiger partial charge in [-0.1, -0.05) is 0 Å². The van der Waals surface area contributed by atoms with Gasteiger partial charge in [0.1, 0.15) is 6.10 Å². The number of rotatable bonds is 3. The lowest BCUT2D eigenvalue weighted by Crippen LogP contribution is -2.58. The van der Waals surface area contributed by atoms with E-state index >= 15 is 0 Å². The summed E-state index contributed by atoms with van der Waals surface area (Å²) < 4.78 is 117. The minimum Gasteiger partial charge on any atom is -0.455 e. The molecule has 2 aliphatic carbocycles. The van der Waals surface area contributed by atoms with E-state index in [9.17, 15) is 49.4 Å². The van der Waals surface area contributed by atoms with Crippen LogP contribution in [0.2, 0.25) is 0 Å². The molecular weight excluding hydrogens is 375 g/mol. The first-order valence-corrected chi connectivity index (χ1v) is 7.20. The molecule has 1 N–H and O–H groups in total. The maximum Gasteiger partial charge on any atom is 0.490 e. The monoisotopic (exact) mass is 388 g/mol. The largest absolute Gasteiger partial charge is 0.490 e. The van der Waals surface area contributed by atoms with Crippen LogP contribution in [0.4, 0.5) is 39.5 Å². The van der Waals surface area contributed by atoms with Gasteiger partial charge in [0.25, 0.3) is 5.60 Å². The lowest BCUT2D eigenvalue weighted by Gasteiger charge is -2.38. The molecule has 0 amide bonds. The normalized spacial score (nSPS) is 30.6. The van der Waals surface area contributed by atoms with Crippen molar-refractivity contribution in [1.82, 2.24) is 0 Å². The first-order valence-electron chi connectivity index (χ1n) is 7.20. The van der Waals surface area contributed by atoms with Crippen molar-refractivity contribution >= 4 is 5.97 Å². The molecule has 2 rings (SSSR count). The third-order valence-corrected chi connectivity index (χ3v) is 4.88. The van der Waals surface area contributed by atoms with Gasteiger partial charge in [0, 0.05) is 0 Å². The molecule has 2 bridgehead atoms. The summed E-state index contributed by atoms with van der Waals surface area (Å²) in [5, 5.41) is 9.23. The fourth-order valence-corrected chi connectivity index (χ4v) is 3.77. The Morgan fingerprint density at radius 2 is 1.44 bits per heavy atom. The molecule has 4 atom stereocenters. The number of aliphatic hydroxyl groups is 1. The molecule has 0 saturated heterocycles. The van der Waals surface area contributed by atoms with Crippen molar-refractivity contribution in [2.75, 3.05) is 0 Å². The zero-order valence-corrected chi connectivity index (χ0v) is 12.3. The van der Waals surface area contributed by atoms with Crippen LogP contribution in [-0.2, 0) is 9.53 Å². The average molecular weight is 388 g/mol. The highest BCUT2D eigenvalue weighted by Crippen LogP contribution is 2.56. The Morgan fingerprint density at radius 1 is 0.920 bits per heavy atom. The third-order valence-electron chi connectivity index (χ3n) is 4.88. The topological polar surface area (TPSA) is 46.5 Å². The van der Waals surface area contributed by atoms with Crippen molar-refractivity contribution in [2.24, 2.45) is 17.8 Å². The summed E-state index contributed by atoms with van der Waals surface area (Å²) in [7, 11) is 0. The molecule has 2 saturated carbocycles. The van der Waals surface area contributed by atoms with Crippen molar-refractivity contribution in [3.8, 4) is 0 Å². The predicted molar refractivity (Wildman–Crippen MR) is 61.9 cm³/mol. The lowest BCUT2D eigenvalue weighted by atomic mass is 9.78. The van der Waals surface area contributed by atoms with Gasteiger partial charge in [-0.3, -0.25) is 0 Å². The van der Waals surface area contributed by atoms with E-state index in [1.54, 1.807) is 0 Å². The third kappa shape index (κ3) is 3.68. The molecule has 12 heteroatoms. The Morgan fingerprint density at radius 3 is 1.84 bits per heavy atom. The molecule has 0 aromatic carbocycles. The molecule has 4 unspecified atom stereocenters. The first-order chi connectivity index (χ1) is 11.1. The molecule has 0 aromatic heterocycles. The highest BCUT2D eigenvalue weighted by atomic mass is 19.4. The quantitative estimate of drug-likeness (QED) is 0.592. The molecule has 2 aliphatic rings. The van der Waals surface area contributed by atoms with Crippen molar-refractivity contribution in [3.63, 3.8) is 0 Å². The van der Waals surface area contributed by atoms with Gasteiger partial charge < -0.3 is 9.84 Å². The van der Waals surface area contributed by atoms with Gasteiger partial charge in [-0.05, 0) is 43.4 Å². The number of hydrogen-bond acceptors (Lipinski definition) is 3. The van der Waals surface area contributed by atoms with Crippen LogP contribution in [0, 0.1) is 17.8 Å². The number of esters is 1. The van der Waals surface area contributed by atoms with Crippen LogP contribution in [0.3, 0.4) is 0 Å². The summed E-state index contributed by atoms with van der Waals surface area (Å²) in [6.45, 7) is 0. The van der Waals surface area contributed by atoms with Gasteiger partial charge in [0.2, 0.25) is 0 Å². The molecule has 2 fully saturated rings. The van der Waals surface area contributed by atoms with Crippen LogP contribution in [-0.4, -0.2) is 41.3 Å². The predicted octanol–water partition coefficient (Wildman–Crippen LogP) is 3.75. The SMILES string of the molecule is O=C(OC1CC2CC(CC(O)(C(F)(F)F)C(F)(F)F)C1C2)C(F)(F)F. The van der Waals surface area contributed by atoms with Crippen LogP contribution >= 0.6 is 0 Å². The smallest absolute Gasteiger partial charge is 0.455 e. The molecule has 25 heavy (non-hydrogen) atoms. The lowest BCUT2D eigenvalue weighted by molar-refractivity contribution is -0.373. The molecule has 3 nitrogen and oxygen atoms in total. The van der Waals surface area contributed by atoms with Gasteiger partial charge in [-0.2, -0.15) is 39.5 Å². The molecular formula is C13H13F9O3. The Bertz CT molecular complexity index is 508. The number of ether oxygens (including phenoxy) is 1. The standard InChI is InChI=1S/C13H13F9O3/c14-11(15,16)9(23)25-8-3-5-1-6(7(8)2-5)4-10(24,12(17,18)19)13(20,21)22/h5-8,24H,1-4H2. The Kier molecular flexibility index (Phi) is 4.76. The number of halogens is 9. The number of alkyl halides is 9. The average Bonchev–Trinajstić information content (AvgIpc) is 2.93. The van der Waals surface area contributed by atoms with Gasteiger partial charge in [0.15, 0.2) is 0 Å². The van der Waals surface area contributed by atoms with Gasteiger partial charge in [-0.15, -0.1) is 0 Å². The number of carbonyl (C=O) groups is 1. The molecule has 0 radical (unpaired) electrons. The second-order valence-electron chi connectivity index (χ2n) is 6.50. The van der Waals surface area contributed by atoms with E-state index in [0.29, 0.717) is 0 Å². The van der Waals surface area contributed by atoms with Crippen molar-refractivity contribution in [2.45, 2.75) is 55.9 Å². The summed E-state index contributed by atoms with van der Waals surface area (Å²) in [5.74, 6) is -5.44. The van der Waals surface area contributed by atoms with E-state index in [0.717, 1.165) is 0 Å². The molecule has 146 valence electrons. The van der Waals surface area contributed by atoms with E-state index < -0.39 is 60.4 Å². The van der Waals surface area contributed by atoms with Crippen LogP contribution < -0.4 is 0 Å². The Hall–Kier alpha value is -1.20. The van der Waals surface area contributed by atoms with E-state index in [-0.39, 0.29) is 19.3 Å². The maximum atomic E-state index is 12.8. The highest BCUT2D eigenvalue weighted by Gasteiger charge is 2.71. The van der Waals surface area contributed by atoms with Gasteiger partial charge in [0.05, 0.1) is 0 Å². The summed E-state index contributed by atoms with van der Waals surface area (Å²) in [4.78, 5) is 10.9. The van der Waals surface area contributed by atoms with Gasteiger partial charge in [-0.25, -0.2) is 4.79 Å². The second kappa shape index (κ2) is 5.92. The van der Waals surface area contributed by atoms with Crippen LogP contribution in [0.1, 0.15) is 25.7 Å². The summed E-state index contributed by atoms with van der Waals surface area (Å²) in [5.41, 5.74) is -4.96. The van der Waals surface area contributed by atoms with E-state index in [4.69, 9.17) is 0 Å². The zero-order chi connectivity index (χ0) is 19.4.